The van der Waals surface area contributed by atoms with Gasteiger partial charge in [-0.3, -0.25) is 5.43 Å². The first-order valence-electron chi connectivity index (χ1n) is 4.86. The third-order valence-corrected chi connectivity index (χ3v) is 3.21. The number of hydrogen-bond donors (Lipinski definition) is 3. The maximum Gasteiger partial charge on any atom is 0.239 e. The van der Waals surface area contributed by atoms with Crippen molar-refractivity contribution in [2.45, 2.75) is 13.5 Å². The highest BCUT2D eigenvalue weighted by molar-refractivity contribution is 7.10. The van der Waals surface area contributed by atoms with E-state index in [0.717, 1.165) is 12.4 Å². The molecular weight excluding hydrogens is 222 g/mol. The topological polar surface area (TPSA) is 75.9 Å². The fourth-order valence-electron chi connectivity index (χ4n) is 1.28. The molecule has 0 atom stereocenters. The van der Waals surface area contributed by atoms with E-state index in [4.69, 9.17) is 5.84 Å². The monoisotopic (exact) mass is 235 g/mol. The zero-order chi connectivity index (χ0) is 11.4. The predicted molar refractivity (Wildman–Crippen MR) is 66.2 cm³/mol. The Morgan fingerprint density at radius 1 is 1.44 bits per heavy atom. The Hall–Kier alpha value is -1.66. The summed E-state index contributed by atoms with van der Waals surface area (Å²) in [4.78, 5) is 9.41. The van der Waals surface area contributed by atoms with Gasteiger partial charge in [-0.25, -0.2) is 10.8 Å². The molecule has 2 heterocycles. The lowest BCUT2D eigenvalue weighted by molar-refractivity contribution is 1.07. The zero-order valence-electron chi connectivity index (χ0n) is 8.90. The van der Waals surface area contributed by atoms with Crippen LogP contribution in [0.3, 0.4) is 0 Å². The van der Waals surface area contributed by atoms with Crippen LogP contribution in [-0.4, -0.2) is 9.97 Å². The van der Waals surface area contributed by atoms with Crippen molar-refractivity contribution in [2.75, 3.05) is 10.7 Å². The largest absolute Gasteiger partial charge is 0.365 e. The number of nitrogen functional groups attached to an aromatic ring is 1. The number of aromatic nitrogens is 2. The summed E-state index contributed by atoms with van der Waals surface area (Å²) >= 11 is 1.73. The summed E-state index contributed by atoms with van der Waals surface area (Å²) < 4.78 is 0. The molecule has 0 fully saturated rings. The Bertz CT molecular complexity index is 468. The number of hydrazine groups is 1. The standard InChI is InChI=1S/C10H13N5S/c1-7-3-5-16-8(7)6-13-9-2-4-12-10(14-9)15-11/h2-5H,6,11H2,1H3,(H2,12,13,14,15). The van der Waals surface area contributed by atoms with E-state index in [1.165, 1.54) is 10.4 Å². The Balaban J connectivity index is 2.02. The number of nitrogens with zero attached hydrogens (tertiary/aromatic N) is 2. The number of nitrogens with two attached hydrogens (primary N) is 1. The molecule has 5 nitrogen and oxygen atoms in total. The fourth-order valence-corrected chi connectivity index (χ4v) is 2.13. The van der Waals surface area contributed by atoms with Gasteiger partial charge in [-0.1, -0.05) is 0 Å². The molecule has 0 aliphatic rings. The molecule has 4 N–H and O–H groups in total. The maximum atomic E-state index is 5.23. The molecule has 0 amide bonds. The molecule has 0 aliphatic heterocycles. The molecule has 2 aromatic heterocycles. The van der Waals surface area contributed by atoms with Crippen LogP contribution in [0.2, 0.25) is 0 Å². The SMILES string of the molecule is Cc1ccsc1CNc1ccnc(NN)n1. The highest BCUT2D eigenvalue weighted by Crippen LogP contribution is 2.17. The van der Waals surface area contributed by atoms with E-state index in [1.807, 2.05) is 6.07 Å². The van der Waals surface area contributed by atoms with Crippen LogP contribution in [0.1, 0.15) is 10.4 Å². The van der Waals surface area contributed by atoms with Crippen molar-refractivity contribution in [3.8, 4) is 0 Å². The molecule has 0 saturated carbocycles. The minimum Gasteiger partial charge on any atom is -0.365 e. The van der Waals surface area contributed by atoms with Crippen LogP contribution in [0.5, 0.6) is 0 Å². The van der Waals surface area contributed by atoms with Gasteiger partial charge >= 0.3 is 0 Å². The van der Waals surface area contributed by atoms with E-state index in [2.05, 4.69) is 39.1 Å². The van der Waals surface area contributed by atoms with Gasteiger partial charge in [-0.15, -0.1) is 11.3 Å². The van der Waals surface area contributed by atoms with Crippen LogP contribution in [0.4, 0.5) is 11.8 Å². The first kappa shape index (κ1) is 10.8. The van der Waals surface area contributed by atoms with Gasteiger partial charge in [0.05, 0.1) is 6.54 Å². The van der Waals surface area contributed by atoms with E-state index in [-0.39, 0.29) is 0 Å². The predicted octanol–water partition coefficient (Wildman–Crippen LogP) is 1.74. The molecule has 2 rings (SSSR count). The van der Waals surface area contributed by atoms with Crippen molar-refractivity contribution in [1.29, 1.82) is 0 Å². The van der Waals surface area contributed by atoms with Crippen molar-refractivity contribution < 1.29 is 0 Å². The molecule has 2 aromatic rings. The van der Waals surface area contributed by atoms with Gasteiger partial charge in [0.2, 0.25) is 5.95 Å². The second kappa shape index (κ2) is 4.91. The third kappa shape index (κ3) is 2.47. The molecule has 0 aromatic carbocycles. The Labute approximate surface area is 97.7 Å². The van der Waals surface area contributed by atoms with Crippen LogP contribution in [-0.2, 0) is 6.54 Å². The summed E-state index contributed by atoms with van der Waals surface area (Å²) in [7, 11) is 0. The minimum atomic E-state index is 0.410. The first-order chi connectivity index (χ1) is 7.79. The number of nitrogens with one attached hydrogen (secondary N) is 2. The second-order valence-corrected chi connectivity index (χ2v) is 4.29. The maximum absolute atomic E-state index is 5.23. The molecule has 84 valence electrons. The number of aryl methyl sites for hydroxylation is 1. The zero-order valence-corrected chi connectivity index (χ0v) is 9.71. The third-order valence-electron chi connectivity index (χ3n) is 2.18. The van der Waals surface area contributed by atoms with E-state index in [9.17, 15) is 0 Å². The normalized spacial score (nSPS) is 10.1. The lowest BCUT2D eigenvalue weighted by Gasteiger charge is -2.05. The Morgan fingerprint density at radius 2 is 2.31 bits per heavy atom. The lowest BCUT2D eigenvalue weighted by Crippen LogP contribution is -2.11. The Morgan fingerprint density at radius 3 is 3.00 bits per heavy atom. The summed E-state index contributed by atoms with van der Waals surface area (Å²) in [6, 6.07) is 3.91. The highest BCUT2D eigenvalue weighted by Gasteiger charge is 2.01. The van der Waals surface area contributed by atoms with Crippen molar-refractivity contribution in [1.82, 2.24) is 9.97 Å². The summed E-state index contributed by atoms with van der Waals surface area (Å²) in [6.07, 6.45) is 1.66. The smallest absolute Gasteiger partial charge is 0.239 e. The van der Waals surface area contributed by atoms with E-state index < -0.39 is 0 Å². The number of hydrogen-bond acceptors (Lipinski definition) is 6. The molecule has 0 saturated heterocycles. The van der Waals surface area contributed by atoms with Gasteiger partial charge in [-0.2, -0.15) is 4.98 Å². The molecular formula is C10H13N5S. The average Bonchev–Trinajstić information content (AvgIpc) is 2.72. The van der Waals surface area contributed by atoms with E-state index in [0.29, 0.717) is 5.95 Å². The minimum absolute atomic E-state index is 0.410. The molecule has 6 heteroatoms. The highest BCUT2D eigenvalue weighted by atomic mass is 32.1. The summed E-state index contributed by atoms with van der Waals surface area (Å²) in [5.41, 5.74) is 3.71. The van der Waals surface area contributed by atoms with Gasteiger partial charge in [0.25, 0.3) is 0 Å². The Kier molecular flexibility index (Phi) is 3.33. The van der Waals surface area contributed by atoms with E-state index in [1.54, 1.807) is 17.5 Å². The van der Waals surface area contributed by atoms with Crippen LogP contribution in [0, 0.1) is 6.92 Å². The molecule has 0 bridgehead atoms. The second-order valence-electron chi connectivity index (χ2n) is 3.29. The molecule has 0 spiro atoms. The van der Waals surface area contributed by atoms with Crippen LogP contribution in [0.25, 0.3) is 0 Å². The van der Waals surface area contributed by atoms with Gasteiger partial charge in [-0.05, 0) is 30.0 Å². The van der Waals surface area contributed by atoms with Gasteiger partial charge in [0.15, 0.2) is 0 Å². The van der Waals surface area contributed by atoms with Crippen molar-refractivity contribution in [2.24, 2.45) is 5.84 Å². The number of rotatable bonds is 4. The van der Waals surface area contributed by atoms with E-state index >= 15 is 0 Å². The van der Waals surface area contributed by atoms with Crippen molar-refractivity contribution in [3.05, 3.63) is 34.2 Å². The number of anilines is 2. The molecule has 0 aliphatic carbocycles. The van der Waals surface area contributed by atoms with Gasteiger partial charge in [0.1, 0.15) is 5.82 Å². The summed E-state index contributed by atoms with van der Waals surface area (Å²) in [6.45, 7) is 2.87. The first-order valence-corrected chi connectivity index (χ1v) is 5.74. The van der Waals surface area contributed by atoms with Gasteiger partial charge < -0.3 is 5.32 Å². The van der Waals surface area contributed by atoms with Crippen molar-refractivity contribution in [3.63, 3.8) is 0 Å². The van der Waals surface area contributed by atoms with Crippen LogP contribution in [0.15, 0.2) is 23.7 Å². The van der Waals surface area contributed by atoms with Crippen molar-refractivity contribution >= 4 is 23.1 Å². The molecule has 0 radical (unpaired) electrons. The number of thiophene rings is 1. The quantitative estimate of drug-likeness (QED) is 0.556. The molecule has 16 heavy (non-hydrogen) atoms. The van der Waals surface area contributed by atoms with Crippen LogP contribution < -0.4 is 16.6 Å². The van der Waals surface area contributed by atoms with Crippen LogP contribution >= 0.6 is 11.3 Å². The van der Waals surface area contributed by atoms with Gasteiger partial charge in [0, 0.05) is 11.1 Å². The summed E-state index contributed by atoms with van der Waals surface area (Å²) in [5.74, 6) is 6.40. The lowest BCUT2D eigenvalue weighted by atomic mass is 10.3. The molecule has 0 unspecified atom stereocenters. The summed E-state index contributed by atoms with van der Waals surface area (Å²) in [5, 5.41) is 5.31. The fraction of sp³-hybridized carbons (Fsp3) is 0.200. The average molecular weight is 235 g/mol.